The number of nitrogens with zero attached hydrogens (tertiary/aromatic N) is 3. The van der Waals surface area contributed by atoms with Gasteiger partial charge in [0.25, 0.3) is 5.69 Å². The van der Waals surface area contributed by atoms with E-state index in [4.69, 9.17) is 4.74 Å². The van der Waals surface area contributed by atoms with Crippen LogP contribution in [0.5, 0.6) is 0 Å². The van der Waals surface area contributed by atoms with E-state index < -0.39 is 15.9 Å². The number of carbonyl (C=O) groups is 1. The van der Waals surface area contributed by atoms with E-state index in [1.807, 2.05) is 20.8 Å². The lowest BCUT2D eigenvalue weighted by Crippen LogP contribution is -2.38. The van der Waals surface area contributed by atoms with Gasteiger partial charge in [-0.3, -0.25) is 10.1 Å². The topological polar surface area (TPSA) is 96.5 Å². The summed E-state index contributed by atoms with van der Waals surface area (Å²) in [6, 6.07) is 8.53. The largest absolute Gasteiger partial charge is 0.444 e. The molecule has 2 unspecified atom stereocenters. The average molecular weight is 329 g/mol. The van der Waals surface area contributed by atoms with Gasteiger partial charge in [0.15, 0.2) is 0 Å². The zero-order chi connectivity index (χ0) is 17.7. The van der Waals surface area contributed by atoms with Crippen molar-refractivity contribution in [1.82, 2.24) is 4.90 Å². The fraction of sp³-hybridized carbons (Fsp3) is 0.529. The summed E-state index contributed by atoms with van der Waals surface area (Å²) in [5.41, 5.74) is -0.398. The molecule has 1 amide bonds. The second-order valence-electron chi connectivity index (χ2n) is 7.38. The quantitative estimate of drug-likeness (QED) is 0.614. The second kappa shape index (κ2) is 5.20. The molecule has 1 aromatic carbocycles. The highest BCUT2D eigenvalue weighted by atomic mass is 16.6. The Hall–Kier alpha value is -2.62. The fourth-order valence-electron chi connectivity index (χ4n) is 3.62. The molecule has 24 heavy (non-hydrogen) atoms. The van der Waals surface area contributed by atoms with E-state index in [-0.39, 0.29) is 23.6 Å². The number of hydrogen-bond acceptors (Lipinski definition) is 5. The van der Waals surface area contributed by atoms with Gasteiger partial charge < -0.3 is 9.64 Å². The molecule has 0 radical (unpaired) electrons. The molecule has 0 spiro atoms. The standard InChI is InChI=1S/C17H19N3O4/c1-16(2,3)24-15(21)19-8-13-14(9-19)17(13,10-18)11-4-6-12(7-5-11)20(22)23/h4-7,13-14H,8-9H2,1-3H3. The Kier molecular flexibility index (Phi) is 3.52. The van der Waals surface area contributed by atoms with Crippen molar-refractivity contribution in [3.63, 3.8) is 0 Å². The number of ether oxygens (including phenoxy) is 1. The molecular weight excluding hydrogens is 310 g/mol. The van der Waals surface area contributed by atoms with Crippen LogP contribution >= 0.6 is 0 Å². The van der Waals surface area contributed by atoms with Crippen molar-refractivity contribution in [3.8, 4) is 6.07 Å². The Morgan fingerprint density at radius 3 is 2.29 bits per heavy atom. The molecule has 2 aliphatic rings. The molecule has 1 heterocycles. The van der Waals surface area contributed by atoms with Gasteiger partial charge in [0.1, 0.15) is 5.60 Å². The Labute approximate surface area is 140 Å². The first kappa shape index (κ1) is 16.2. The van der Waals surface area contributed by atoms with Gasteiger partial charge >= 0.3 is 6.09 Å². The van der Waals surface area contributed by atoms with Crippen LogP contribution in [0.3, 0.4) is 0 Å². The van der Waals surface area contributed by atoms with E-state index >= 15 is 0 Å². The van der Waals surface area contributed by atoms with E-state index in [0.29, 0.717) is 13.1 Å². The van der Waals surface area contributed by atoms with Crippen molar-refractivity contribution in [3.05, 3.63) is 39.9 Å². The highest BCUT2D eigenvalue weighted by molar-refractivity contribution is 5.70. The minimum absolute atomic E-state index is 0.00744. The van der Waals surface area contributed by atoms with E-state index in [0.717, 1.165) is 5.56 Å². The van der Waals surface area contributed by atoms with Gasteiger partial charge in [0.05, 0.1) is 16.4 Å². The highest BCUT2D eigenvalue weighted by Crippen LogP contribution is 2.63. The van der Waals surface area contributed by atoms with Gasteiger partial charge in [0, 0.05) is 37.1 Å². The van der Waals surface area contributed by atoms with Crippen LogP contribution in [-0.4, -0.2) is 34.6 Å². The zero-order valence-corrected chi connectivity index (χ0v) is 13.9. The molecule has 7 nitrogen and oxygen atoms in total. The third-order valence-corrected chi connectivity index (χ3v) is 4.77. The Bertz CT molecular complexity index is 718. The van der Waals surface area contributed by atoms with Crippen molar-refractivity contribution < 1.29 is 14.5 Å². The predicted octanol–water partition coefficient (Wildman–Crippen LogP) is 2.85. The summed E-state index contributed by atoms with van der Waals surface area (Å²) >= 11 is 0. The normalized spacial score (nSPS) is 28.0. The van der Waals surface area contributed by atoms with Gasteiger partial charge in [-0.05, 0) is 26.3 Å². The number of amides is 1. The van der Waals surface area contributed by atoms with Gasteiger partial charge in [-0.25, -0.2) is 4.79 Å². The average Bonchev–Trinajstić information content (AvgIpc) is 2.88. The second-order valence-corrected chi connectivity index (χ2v) is 7.38. The number of nitro benzene ring substituents is 1. The lowest BCUT2D eigenvalue weighted by atomic mass is 9.91. The summed E-state index contributed by atoms with van der Waals surface area (Å²) in [5.74, 6) is 0.105. The number of nitro groups is 1. The smallest absolute Gasteiger partial charge is 0.410 e. The molecule has 1 aliphatic heterocycles. The lowest BCUT2D eigenvalue weighted by molar-refractivity contribution is -0.384. The molecule has 1 aliphatic carbocycles. The third kappa shape index (κ3) is 2.48. The number of carbonyl (C=O) groups excluding carboxylic acids is 1. The number of fused-ring (bicyclic) bond motifs is 1. The molecular formula is C17H19N3O4. The number of rotatable bonds is 2. The Morgan fingerprint density at radius 2 is 1.88 bits per heavy atom. The first-order valence-electron chi connectivity index (χ1n) is 7.83. The monoisotopic (exact) mass is 329 g/mol. The molecule has 0 N–H and O–H groups in total. The summed E-state index contributed by atoms with van der Waals surface area (Å²) in [6.07, 6.45) is -0.356. The van der Waals surface area contributed by atoms with E-state index in [1.54, 1.807) is 17.0 Å². The van der Waals surface area contributed by atoms with Crippen LogP contribution in [0.25, 0.3) is 0 Å². The van der Waals surface area contributed by atoms with E-state index in [2.05, 4.69) is 6.07 Å². The maximum atomic E-state index is 12.1. The van der Waals surface area contributed by atoms with E-state index in [9.17, 15) is 20.2 Å². The predicted molar refractivity (Wildman–Crippen MR) is 85.2 cm³/mol. The molecule has 1 aromatic rings. The summed E-state index contributed by atoms with van der Waals surface area (Å²) in [4.78, 5) is 24.1. The fourth-order valence-corrected chi connectivity index (χ4v) is 3.62. The van der Waals surface area contributed by atoms with Gasteiger partial charge in [-0.1, -0.05) is 12.1 Å². The summed E-state index contributed by atoms with van der Waals surface area (Å²) in [6.45, 7) is 6.41. The van der Waals surface area contributed by atoms with Crippen molar-refractivity contribution in [2.24, 2.45) is 11.8 Å². The molecule has 0 bridgehead atoms. The SMILES string of the molecule is CC(C)(C)OC(=O)N1CC2C(C1)C2(C#N)c1ccc([N+](=O)[O-])cc1. The first-order valence-corrected chi connectivity index (χ1v) is 7.83. The molecule has 1 saturated carbocycles. The summed E-state index contributed by atoms with van der Waals surface area (Å²) in [7, 11) is 0. The number of non-ortho nitro benzene ring substituents is 1. The number of piperidine rings is 1. The summed E-state index contributed by atoms with van der Waals surface area (Å²) in [5, 5.41) is 20.4. The van der Waals surface area contributed by atoms with Crippen LogP contribution in [-0.2, 0) is 10.2 Å². The molecule has 2 fully saturated rings. The third-order valence-electron chi connectivity index (χ3n) is 4.77. The maximum Gasteiger partial charge on any atom is 0.410 e. The number of likely N-dealkylation sites (tertiary alicyclic amines) is 1. The minimum Gasteiger partial charge on any atom is -0.444 e. The summed E-state index contributed by atoms with van der Waals surface area (Å²) < 4.78 is 5.37. The number of nitriles is 1. The zero-order valence-electron chi connectivity index (χ0n) is 13.9. The maximum absolute atomic E-state index is 12.1. The molecule has 1 saturated heterocycles. The molecule has 0 aromatic heterocycles. The van der Waals surface area contributed by atoms with Crippen LogP contribution in [0, 0.1) is 33.3 Å². The Balaban J connectivity index is 1.73. The van der Waals surface area contributed by atoms with Gasteiger partial charge in [-0.2, -0.15) is 5.26 Å². The molecule has 126 valence electrons. The lowest BCUT2D eigenvalue weighted by Gasteiger charge is -2.27. The Morgan fingerprint density at radius 1 is 1.33 bits per heavy atom. The van der Waals surface area contributed by atoms with Crippen LogP contribution in [0.1, 0.15) is 26.3 Å². The number of hydrogen-bond donors (Lipinski definition) is 0. The number of benzene rings is 1. The van der Waals surface area contributed by atoms with Crippen molar-refractivity contribution in [2.45, 2.75) is 31.8 Å². The van der Waals surface area contributed by atoms with Crippen molar-refractivity contribution in [1.29, 1.82) is 5.26 Å². The van der Waals surface area contributed by atoms with Crippen LogP contribution in [0.2, 0.25) is 0 Å². The highest BCUT2D eigenvalue weighted by Gasteiger charge is 2.70. The van der Waals surface area contributed by atoms with Crippen LogP contribution < -0.4 is 0 Å². The first-order chi connectivity index (χ1) is 11.2. The van der Waals surface area contributed by atoms with Crippen molar-refractivity contribution >= 4 is 11.8 Å². The van der Waals surface area contributed by atoms with Crippen LogP contribution in [0.15, 0.2) is 24.3 Å². The van der Waals surface area contributed by atoms with Gasteiger partial charge in [0.2, 0.25) is 0 Å². The van der Waals surface area contributed by atoms with Crippen LogP contribution in [0.4, 0.5) is 10.5 Å². The van der Waals surface area contributed by atoms with E-state index in [1.165, 1.54) is 12.1 Å². The minimum atomic E-state index is -0.645. The molecule has 2 atom stereocenters. The molecule has 3 rings (SSSR count). The molecule has 7 heteroatoms. The van der Waals surface area contributed by atoms with Crippen molar-refractivity contribution in [2.75, 3.05) is 13.1 Å². The van der Waals surface area contributed by atoms with Gasteiger partial charge in [-0.15, -0.1) is 0 Å².